The van der Waals surface area contributed by atoms with E-state index in [1.165, 1.54) is 0 Å². The van der Waals surface area contributed by atoms with Gasteiger partial charge in [0.15, 0.2) is 0 Å². The molecule has 4 rings (SSSR count). The highest BCUT2D eigenvalue weighted by molar-refractivity contribution is 6.29. The van der Waals surface area contributed by atoms with Crippen LogP contribution in [0.15, 0.2) is 60.5 Å². The highest BCUT2D eigenvalue weighted by atomic mass is 35.5. The molecule has 0 bridgehead atoms. The van der Waals surface area contributed by atoms with Gasteiger partial charge in [-0.15, -0.1) is 0 Å². The second-order valence-electron chi connectivity index (χ2n) is 8.45. The van der Waals surface area contributed by atoms with Gasteiger partial charge in [0.2, 0.25) is 0 Å². The van der Waals surface area contributed by atoms with E-state index in [4.69, 9.17) is 23.2 Å². The molecule has 186 valence electrons. The summed E-state index contributed by atoms with van der Waals surface area (Å²) in [6.07, 6.45) is 10.1. The average Bonchev–Trinajstić information content (AvgIpc) is 3.72. The standard InChI is InChI=1S/C12H14ClN3O2.C11H12ClN3O2/c1-8(9-2-5-12(13)14-6-9)11(7-16(17)18)15-10-3-4-10;12-11-4-1-8(6-13-11)5-10(7-15(16)17)14-9-2-3-9/h2,5-8,10,15H,3-4H2,1H3;1,4,6-7,9,14H,2-3,5H2/b11-7-;10-7-. The predicted octanol–water partition coefficient (Wildman–Crippen LogP) is 4.86. The molecule has 2 aliphatic rings. The van der Waals surface area contributed by atoms with Crippen LogP contribution in [0, 0.1) is 20.2 Å². The van der Waals surface area contributed by atoms with Gasteiger partial charge >= 0.3 is 0 Å². The molecule has 0 aliphatic heterocycles. The predicted molar refractivity (Wildman–Crippen MR) is 133 cm³/mol. The Kier molecular flexibility index (Phi) is 9.39. The molecule has 0 amide bonds. The Bertz CT molecular complexity index is 1080. The number of hydrogen-bond acceptors (Lipinski definition) is 8. The largest absolute Gasteiger partial charge is 0.380 e. The fourth-order valence-electron chi connectivity index (χ4n) is 3.16. The summed E-state index contributed by atoms with van der Waals surface area (Å²) in [5.74, 6) is -0.0965. The lowest BCUT2D eigenvalue weighted by Crippen LogP contribution is -2.21. The van der Waals surface area contributed by atoms with E-state index in [1.807, 2.05) is 19.1 Å². The zero-order chi connectivity index (χ0) is 25.4. The number of nitro groups is 2. The topological polar surface area (TPSA) is 136 Å². The Labute approximate surface area is 212 Å². The Hall–Kier alpha value is -3.24. The molecule has 2 aliphatic carbocycles. The van der Waals surface area contributed by atoms with E-state index < -0.39 is 9.85 Å². The van der Waals surface area contributed by atoms with Crippen molar-refractivity contribution in [3.63, 3.8) is 0 Å². The number of nitrogens with one attached hydrogen (secondary N) is 2. The average molecular weight is 521 g/mol. The van der Waals surface area contributed by atoms with Crippen LogP contribution in [0.1, 0.15) is 49.7 Å². The minimum absolute atomic E-state index is 0.0965. The van der Waals surface area contributed by atoms with Gasteiger partial charge in [-0.05, 0) is 48.9 Å². The summed E-state index contributed by atoms with van der Waals surface area (Å²) in [4.78, 5) is 28.2. The maximum Gasteiger partial charge on any atom is 0.253 e. The summed E-state index contributed by atoms with van der Waals surface area (Å²) in [5.41, 5.74) is 3.03. The van der Waals surface area contributed by atoms with Crippen LogP contribution in [0.5, 0.6) is 0 Å². The second kappa shape index (κ2) is 12.5. The SMILES string of the molecule is CC(/C(=C/[N+](=O)[O-])NC1CC1)c1ccc(Cl)nc1.O=[N+]([O-])/C=C(/Cc1ccc(Cl)nc1)NC1CC1. The molecule has 0 aromatic carbocycles. The molecular formula is C23H26Cl2N6O4. The van der Waals surface area contributed by atoms with Crippen LogP contribution < -0.4 is 10.6 Å². The van der Waals surface area contributed by atoms with E-state index in [-0.39, 0.29) is 5.92 Å². The lowest BCUT2D eigenvalue weighted by Gasteiger charge is -2.15. The summed E-state index contributed by atoms with van der Waals surface area (Å²) < 4.78 is 0. The first kappa shape index (κ1) is 26.4. The molecule has 2 aromatic rings. The fraction of sp³-hybridized carbons (Fsp3) is 0.391. The van der Waals surface area contributed by atoms with Crippen molar-refractivity contribution in [1.82, 2.24) is 20.6 Å². The summed E-state index contributed by atoms with van der Waals surface area (Å²) in [7, 11) is 0. The highest BCUT2D eigenvalue weighted by Crippen LogP contribution is 2.27. The summed E-state index contributed by atoms with van der Waals surface area (Å²) >= 11 is 11.4. The first-order valence-corrected chi connectivity index (χ1v) is 11.9. The lowest BCUT2D eigenvalue weighted by atomic mass is 10.00. The first-order valence-electron chi connectivity index (χ1n) is 11.1. The number of hydrogen-bond donors (Lipinski definition) is 2. The molecule has 0 radical (unpaired) electrons. The van der Waals surface area contributed by atoms with Crippen molar-refractivity contribution in [2.45, 2.75) is 57.0 Å². The van der Waals surface area contributed by atoms with E-state index in [0.717, 1.165) is 49.2 Å². The fourth-order valence-corrected chi connectivity index (χ4v) is 3.38. The summed E-state index contributed by atoms with van der Waals surface area (Å²) in [6.45, 7) is 1.91. The Balaban J connectivity index is 0.000000196. The molecule has 2 heterocycles. The van der Waals surface area contributed by atoms with Crippen LogP contribution in [-0.4, -0.2) is 31.9 Å². The van der Waals surface area contributed by atoms with Crippen molar-refractivity contribution in [2.75, 3.05) is 0 Å². The van der Waals surface area contributed by atoms with Gasteiger partial charge in [0, 0.05) is 36.8 Å². The number of pyridine rings is 2. The van der Waals surface area contributed by atoms with Crippen molar-refractivity contribution < 1.29 is 9.85 Å². The third kappa shape index (κ3) is 9.87. The smallest absolute Gasteiger partial charge is 0.253 e. The molecule has 35 heavy (non-hydrogen) atoms. The van der Waals surface area contributed by atoms with Gasteiger partial charge in [0.1, 0.15) is 10.3 Å². The minimum atomic E-state index is -0.436. The van der Waals surface area contributed by atoms with Crippen molar-refractivity contribution in [3.8, 4) is 0 Å². The van der Waals surface area contributed by atoms with E-state index >= 15 is 0 Å². The Morgan fingerprint density at radius 2 is 1.54 bits per heavy atom. The van der Waals surface area contributed by atoms with Crippen LogP contribution in [-0.2, 0) is 6.42 Å². The third-order valence-electron chi connectivity index (χ3n) is 5.32. The van der Waals surface area contributed by atoms with Crippen LogP contribution in [0.25, 0.3) is 0 Å². The number of halogens is 2. The molecule has 2 fully saturated rings. The zero-order valence-electron chi connectivity index (χ0n) is 19.1. The first-order chi connectivity index (χ1) is 16.7. The van der Waals surface area contributed by atoms with Crippen LogP contribution >= 0.6 is 23.2 Å². The van der Waals surface area contributed by atoms with E-state index in [0.29, 0.717) is 40.2 Å². The van der Waals surface area contributed by atoms with Gasteiger partial charge in [-0.3, -0.25) is 20.2 Å². The van der Waals surface area contributed by atoms with Crippen LogP contribution in [0.2, 0.25) is 10.3 Å². The van der Waals surface area contributed by atoms with Gasteiger partial charge in [0.25, 0.3) is 12.4 Å². The maximum atomic E-state index is 10.7. The molecular weight excluding hydrogens is 495 g/mol. The number of rotatable bonds is 10. The highest BCUT2D eigenvalue weighted by Gasteiger charge is 2.26. The van der Waals surface area contributed by atoms with Crippen molar-refractivity contribution in [2.24, 2.45) is 0 Å². The monoisotopic (exact) mass is 520 g/mol. The molecule has 12 heteroatoms. The summed E-state index contributed by atoms with van der Waals surface area (Å²) in [6, 6.07) is 7.78. The van der Waals surface area contributed by atoms with Crippen molar-refractivity contribution in [1.29, 1.82) is 0 Å². The van der Waals surface area contributed by atoms with Gasteiger partial charge in [-0.1, -0.05) is 42.3 Å². The molecule has 1 atom stereocenters. The number of nitrogens with zero attached hydrogens (tertiary/aromatic N) is 4. The van der Waals surface area contributed by atoms with Crippen molar-refractivity contribution >= 4 is 23.2 Å². The minimum Gasteiger partial charge on any atom is -0.380 e. The van der Waals surface area contributed by atoms with Crippen molar-refractivity contribution in [3.05, 3.63) is 102 Å². The molecule has 0 saturated heterocycles. The normalized spacial score (nSPS) is 16.5. The van der Waals surface area contributed by atoms with E-state index in [9.17, 15) is 20.2 Å². The Morgan fingerprint density at radius 1 is 0.971 bits per heavy atom. The van der Waals surface area contributed by atoms with Gasteiger partial charge in [0.05, 0.1) is 21.2 Å². The third-order valence-corrected chi connectivity index (χ3v) is 5.77. The molecule has 0 spiro atoms. The van der Waals surface area contributed by atoms with Gasteiger partial charge < -0.3 is 10.6 Å². The Morgan fingerprint density at radius 3 is 2.03 bits per heavy atom. The molecule has 2 saturated carbocycles. The van der Waals surface area contributed by atoms with E-state index in [2.05, 4.69) is 20.6 Å². The zero-order valence-corrected chi connectivity index (χ0v) is 20.6. The summed E-state index contributed by atoms with van der Waals surface area (Å²) in [5, 5.41) is 28.3. The molecule has 2 aromatic heterocycles. The number of aromatic nitrogens is 2. The number of allylic oxidation sites excluding steroid dienone is 2. The van der Waals surface area contributed by atoms with Crippen LogP contribution in [0.3, 0.4) is 0 Å². The molecule has 2 N–H and O–H groups in total. The lowest BCUT2D eigenvalue weighted by molar-refractivity contribution is -0.404. The molecule has 1 unspecified atom stereocenters. The van der Waals surface area contributed by atoms with Crippen LogP contribution in [0.4, 0.5) is 0 Å². The molecule has 10 nitrogen and oxygen atoms in total. The second-order valence-corrected chi connectivity index (χ2v) is 9.22. The van der Waals surface area contributed by atoms with Gasteiger partial charge in [-0.2, -0.15) is 0 Å². The maximum absolute atomic E-state index is 10.7. The van der Waals surface area contributed by atoms with E-state index in [1.54, 1.807) is 24.5 Å². The quantitative estimate of drug-likeness (QED) is 0.257. The van der Waals surface area contributed by atoms with Gasteiger partial charge in [-0.25, -0.2) is 9.97 Å².